The van der Waals surface area contributed by atoms with E-state index in [0.29, 0.717) is 0 Å². The Labute approximate surface area is 104 Å². The second-order valence-electron chi connectivity index (χ2n) is 5.94. The van der Waals surface area contributed by atoms with Crippen LogP contribution < -0.4 is 10.6 Å². The molecule has 0 aliphatic heterocycles. The molecule has 0 aliphatic carbocycles. The lowest BCUT2D eigenvalue weighted by Crippen LogP contribution is -2.52. The summed E-state index contributed by atoms with van der Waals surface area (Å²) in [5.74, 6) is -0.209. The van der Waals surface area contributed by atoms with E-state index in [9.17, 15) is 4.39 Å². The minimum Gasteiger partial charge on any atom is -0.374 e. The standard InChI is InChI=1S/C14H23FN2/c1-13(2,14(3,4)16)10-17(5)12-8-6-7-11(15)9-12/h6-9H,10,16H2,1-5H3. The molecular weight excluding hydrogens is 215 g/mol. The van der Waals surface area contributed by atoms with Crippen molar-refractivity contribution in [3.63, 3.8) is 0 Å². The number of rotatable bonds is 4. The van der Waals surface area contributed by atoms with Crippen molar-refractivity contribution in [1.82, 2.24) is 0 Å². The zero-order chi connectivity index (χ0) is 13.3. The molecule has 2 N–H and O–H groups in total. The molecule has 1 aromatic carbocycles. The Kier molecular flexibility index (Phi) is 3.82. The highest BCUT2D eigenvalue weighted by molar-refractivity contribution is 5.45. The highest BCUT2D eigenvalue weighted by Gasteiger charge is 2.34. The van der Waals surface area contributed by atoms with Crippen molar-refractivity contribution in [1.29, 1.82) is 0 Å². The third-order valence-corrected chi connectivity index (χ3v) is 3.63. The zero-order valence-corrected chi connectivity index (χ0v) is 11.4. The topological polar surface area (TPSA) is 29.3 Å². The van der Waals surface area contributed by atoms with Crippen LogP contribution in [0.3, 0.4) is 0 Å². The van der Waals surface area contributed by atoms with Gasteiger partial charge in [-0.15, -0.1) is 0 Å². The quantitative estimate of drug-likeness (QED) is 0.873. The number of nitrogens with two attached hydrogens (primary N) is 1. The van der Waals surface area contributed by atoms with Gasteiger partial charge in [0.25, 0.3) is 0 Å². The van der Waals surface area contributed by atoms with Crippen LogP contribution in [0.5, 0.6) is 0 Å². The third kappa shape index (κ3) is 3.43. The fraction of sp³-hybridized carbons (Fsp3) is 0.571. The zero-order valence-electron chi connectivity index (χ0n) is 11.4. The van der Waals surface area contributed by atoms with Crippen molar-refractivity contribution in [3.05, 3.63) is 30.1 Å². The number of hydrogen-bond donors (Lipinski definition) is 1. The van der Waals surface area contributed by atoms with E-state index in [0.717, 1.165) is 12.2 Å². The van der Waals surface area contributed by atoms with E-state index in [-0.39, 0.29) is 16.8 Å². The molecule has 17 heavy (non-hydrogen) atoms. The van der Waals surface area contributed by atoms with Crippen LogP contribution >= 0.6 is 0 Å². The van der Waals surface area contributed by atoms with Gasteiger partial charge in [-0.25, -0.2) is 4.39 Å². The first-order valence-corrected chi connectivity index (χ1v) is 5.89. The molecular formula is C14H23FN2. The molecule has 3 heteroatoms. The Hall–Kier alpha value is -1.09. The lowest BCUT2D eigenvalue weighted by atomic mass is 9.75. The summed E-state index contributed by atoms with van der Waals surface area (Å²) in [5.41, 5.74) is 6.70. The molecule has 0 heterocycles. The summed E-state index contributed by atoms with van der Waals surface area (Å²) in [6.45, 7) is 9.07. The number of nitrogens with zero attached hydrogens (tertiary/aromatic N) is 1. The molecule has 0 radical (unpaired) electrons. The first-order valence-electron chi connectivity index (χ1n) is 5.89. The van der Waals surface area contributed by atoms with Gasteiger partial charge in [0.2, 0.25) is 0 Å². The molecule has 0 atom stereocenters. The molecule has 96 valence electrons. The van der Waals surface area contributed by atoms with Gasteiger partial charge < -0.3 is 10.6 Å². The molecule has 0 bridgehead atoms. The van der Waals surface area contributed by atoms with E-state index in [1.807, 2.05) is 31.9 Å². The fourth-order valence-electron chi connectivity index (χ4n) is 1.60. The van der Waals surface area contributed by atoms with Crippen molar-refractivity contribution >= 4 is 5.69 Å². The molecule has 0 spiro atoms. The Morgan fingerprint density at radius 2 is 1.82 bits per heavy atom. The highest BCUT2D eigenvalue weighted by atomic mass is 19.1. The predicted octanol–water partition coefficient (Wildman–Crippen LogP) is 3.03. The van der Waals surface area contributed by atoms with E-state index in [2.05, 4.69) is 13.8 Å². The molecule has 0 fully saturated rings. The SMILES string of the molecule is CN(CC(C)(C)C(C)(C)N)c1cccc(F)c1. The first-order chi connectivity index (χ1) is 7.63. The third-order valence-electron chi connectivity index (χ3n) is 3.63. The molecule has 0 aromatic heterocycles. The fourth-order valence-corrected chi connectivity index (χ4v) is 1.60. The van der Waals surface area contributed by atoms with E-state index in [4.69, 9.17) is 5.73 Å². The molecule has 0 saturated carbocycles. The van der Waals surface area contributed by atoms with Gasteiger partial charge in [0, 0.05) is 24.8 Å². The first kappa shape index (κ1) is 14.0. The highest BCUT2D eigenvalue weighted by Crippen LogP contribution is 2.30. The average molecular weight is 238 g/mol. The maximum atomic E-state index is 13.1. The molecule has 1 aromatic rings. The van der Waals surface area contributed by atoms with Crippen LogP contribution in [0.15, 0.2) is 24.3 Å². The van der Waals surface area contributed by atoms with Gasteiger partial charge in [-0.1, -0.05) is 19.9 Å². The van der Waals surface area contributed by atoms with Crippen molar-refractivity contribution in [3.8, 4) is 0 Å². The summed E-state index contributed by atoms with van der Waals surface area (Å²) in [4.78, 5) is 2.04. The maximum absolute atomic E-state index is 13.1. The molecule has 0 saturated heterocycles. The normalized spacial score (nSPS) is 12.6. The van der Waals surface area contributed by atoms with Crippen LogP contribution in [0.25, 0.3) is 0 Å². The second-order valence-corrected chi connectivity index (χ2v) is 5.94. The van der Waals surface area contributed by atoms with Crippen molar-refractivity contribution < 1.29 is 4.39 Å². The van der Waals surface area contributed by atoms with Crippen LogP contribution in [0.4, 0.5) is 10.1 Å². The second kappa shape index (κ2) is 4.65. The van der Waals surface area contributed by atoms with Crippen molar-refractivity contribution in [2.24, 2.45) is 11.1 Å². The minimum absolute atomic E-state index is 0.0614. The van der Waals surface area contributed by atoms with E-state index < -0.39 is 0 Å². The Morgan fingerprint density at radius 3 is 2.29 bits per heavy atom. The van der Waals surface area contributed by atoms with Crippen LogP contribution in [0, 0.1) is 11.2 Å². The Morgan fingerprint density at radius 1 is 1.24 bits per heavy atom. The van der Waals surface area contributed by atoms with E-state index in [1.54, 1.807) is 12.1 Å². The van der Waals surface area contributed by atoms with Gasteiger partial charge >= 0.3 is 0 Å². The number of hydrogen-bond acceptors (Lipinski definition) is 2. The lowest BCUT2D eigenvalue weighted by molar-refractivity contribution is 0.210. The Balaban J connectivity index is 2.83. The number of anilines is 1. The van der Waals surface area contributed by atoms with Gasteiger partial charge in [0.05, 0.1) is 0 Å². The Bertz CT molecular complexity index is 380. The van der Waals surface area contributed by atoms with Gasteiger partial charge in [-0.05, 0) is 37.5 Å². The van der Waals surface area contributed by atoms with Gasteiger partial charge in [-0.3, -0.25) is 0 Å². The van der Waals surface area contributed by atoms with Crippen LogP contribution in [-0.4, -0.2) is 19.1 Å². The van der Waals surface area contributed by atoms with Crippen molar-refractivity contribution in [2.45, 2.75) is 33.2 Å². The molecule has 0 unspecified atom stereocenters. The minimum atomic E-state index is -0.283. The summed E-state index contributed by atoms with van der Waals surface area (Å²) < 4.78 is 13.1. The molecule has 2 nitrogen and oxygen atoms in total. The summed E-state index contributed by atoms with van der Waals surface area (Å²) >= 11 is 0. The van der Waals surface area contributed by atoms with Crippen LogP contribution in [0.2, 0.25) is 0 Å². The van der Waals surface area contributed by atoms with E-state index in [1.165, 1.54) is 6.07 Å². The van der Waals surface area contributed by atoms with Crippen LogP contribution in [0.1, 0.15) is 27.7 Å². The van der Waals surface area contributed by atoms with Gasteiger partial charge in [0.1, 0.15) is 5.82 Å². The number of benzene rings is 1. The lowest BCUT2D eigenvalue weighted by Gasteiger charge is -2.41. The van der Waals surface area contributed by atoms with Crippen LogP contribution in [-0.2, 0) is 0 Å². The smallest absolute Gasteiger partial charge is 0.125 e. The van der Waals surface area contributed by atoms with Gasteiger partial charge in [0.15, 0.2) is 0 Å². The predicted molar refractivity (Wildman–Crippen MR) is 71.7 cm³/mol. The molecule has 0 amide bonds. The van der Waals surface area contributed by atoms with Crippen molar-refractivity contribution in [2.75, 3.05) is 18.5 Å². The monoisotopic (exact) mass is 238 g/mol. The molecule has 1 rings (SSSR count). The summed E-state index contributed by atoms with van der Waals surface area (Å²) in [7, 11) is 1.96. The van der Waals surface area contributed by atoms with E-state index >= 15 is 0 Å². The largest absolute Gasteiger partial charge is 0.374 e. The van der Waals surface area contributed by atoms with Gasteiger partial charge in [-0.2, -0.15) is 0 Å². The average Bonchev–Trinajstić information content (AvgIpc) is 2.15. The number of halogens is 1. The summed E-state index contributed by atoms with van der Waals surface area (Å²) in [6, 6.07) is 6.62. The summed E-state index contributed by atoms with van der Waals surface area (Å²) in [5, 5.41) is 0. The molecule has 0 aliphatic rings. The summed E-state index contributed by atoms with van der Waals surface area (Å²) in [6.07, 6.45) is 0. The maximum Gasteiger partial charge on any atom is 0.125 e.